The zero-order valence-electron chi connectivity index (χ0n) is 17.2. The average Bonchev–Trinajstić information content (AvgIpc) is 3.04. The molecular weight excluding hydrogens is 424 g/mol. The van der Waals surface area contributed by atoms with Crippen LogP contribution in [0, 0.1) is 0 Å². The number of nitrogens with zero attached hydrogens (tertiary/aromatic N) is 1. The Morgan fingerprint density at radius 2 is 1.94 bits per heavy atom. The number of ether oxygens (including phenoxy) is 3. The molecule has 31 heavy (non-hydrogen) atoms. The summed E-state index contributed by atoms with van der Waals surface area (Å²) < 4.78 is 16.1. The number of halogens is 1. The lowest BCUT2D eigenvalue weighted by molar-refractivity contribution is -0.150. The van der Waals surface area contributed by atoms with Crippen molar-refractivity contribution in [3.8, 4) is 11.5 Å². The van der Waals surface area contributed by atoms with Gasteiger partial charge in [0.1, 0.15) is 5.57 Å². The van der Waals surface area contributed by atoms with E-state index in [1.807, 2.05) is 0 Å². The molecule has 0 spiro atoms. The fraction of sp³-hybridized carbons (Fsp3) is 0.227. The maximum Gasteiger partial charge on any atom is 0.347 e. The Balaban J connectivity index is 2.01. The fourth-order valence-corrected chi connectivity index (χ4v) is 3.15. The number of methoxy groups -OCH3 is 1. The zero-order chi connectivity index (χ0) is 22.5. The standard InChI is InChI=1S/C22H21ClN2O6/c1-4-30-22(28)13(2)31-19-14(10-15(23)12-18(19)29-3)11-17-20(26)24-25(21(17)27)16-8-6-5-7-9-16/h5-13H,4H2,1-3H3,(H,24,26)/b17-11-/t13-/m1/s1. The Labute approximate surface area is 184 Å². The lowest BCUT2D eigenvalue weighted by Gasteiger charge is -2.18. The first-order chi connectivity index (χ1) is 14.8. The van der Waals surface area contributed by atoms with Crippen molar-refractivity contribution in [3.05, 3.63) is 58.6 Å². The number of anilines is 1. The number of para-hydroxylation sites is 1. The van der Waals surface area contributed by atoms with Crippen LogP contribution in [0.4, 0.5) is 5.69 Å². The number of nitrogens with one attached hydrogen (secondary N) is 1. The van der Waals surface area contributed by atoms with E-state index < -0.39 is 23.9 Å². The minimum atomic E-state index is -0.957. The summed E-state index contributed by atoms with van der Waals surface area (Å²) in [6, 6.07) is 11.7. The van der Waals surface area contributed by atoms with Gasteiger partial charge < -0.3 is 14.2 Å². The maximum atomic E-state index is 12.9. The smallest absolute Gasteiger partial charge is 0.347 e. The Kier molecular flexibility index (Phi) is 6.81. The summed E-state index contributed by atoms with van der Waals surface area (Å²) in [6.45, 7) is 3.41. The van der Waals surface area contributed by atoms with E-state index in [9.17, 15) is 14.4 Å². The molecule has 0 saturated carbocycles. The van der Waals surface area contributed by atoms with E-state index in [1.165, 1.54) is 32.2 Å². The van der Waals surface area contributed by atoms with E-state index in [-0.39, 0.29) is 23.7 Å². The molecule has 8 nitrogen and oxygen atoms in total. The Hall–Kier alpha value is -3.52. The summed E-state index contributed by atoms with van der Waals surface area (Å²) >= 11 is 6.18. The molecule has 1 atom stereocenters. The number of hydrogen-bond acceptors (Lipinski definition) is 6. The number of hydrogen-bond donors (Lipinski definition) is 1. The second-order valence-electron chi connectivity index (χ2n) is 6.51. The van der Waals surface area contributed by atoms with E-state index in [4.69, 9.17) is 25.8 Å². The second-order valence-corrected chi connectivity index (χ2v) is 6.95. The van der Waals surface area contributed by atoms with Crippen LogP contribution in [-0.2, 0) is 19.1 Å². The van der Waals surface area contributed by atoms with E-state index in [1.54, 1.807) is 37.3 Å². The van der Waals surface area contributed by atoms with E-state index >= 15 is 0 Å². The number of esters is 1. The Bertz CT molecular complexity index is 1040. The van der Waals surface area contributed by atoms with E-state index in [2.05, 4.69) is 5.43 Å². The van der Waals surface area contributed by atoms with Crippen LogP contribution in [0.1, 0.15) is 19.4 Å². The molecular formula is C22H21ClN2O6. The molecule has 0 bridgehead atoms. The van der Waals surface area contributed by atoms with Gasteiger partial charge in [0.15, 0.2) is 17.6 Å². The molecule has 0 radical (unpaired) electrons. The molecule has 1 fully saturated rings. The van der Waals surface area contributed by atoms with E-state index in [0.29, 0.717) is 16.3 Å². The van der Waals surface area contributed by atoms with Crippen molar-refractivity contribution in [3.63, 3.8) is 0 Å². The van der Waals surface area contributed by atoms with Crippen molar-refractivity contribution in [2.75, 3.05) is 18.7 Å². The summed E-state index contributed by atoms with van der Waals surface area (Å²) in [4.78, 5) is 37.4. The third-order valence-corrected chi connectivity index (χ3v) is 4.61. The number of amides is 2. The Morgan fingerprint density at radius 3 is 2.58 bits per heavy atom. The van der Waals surface area contributed by atoms with Gasteiger partial charge in [-0.25, -0.2) is 9.80 Å². The number of rotatable bonds is 7. The SMILES string of the molecule is CCOC(=O)[C@@H](C)Oc1c(/C=C2/C(=O)NN(c3ccccc3)C2=O)cc(Cl)cc1OC. The van der Waals surface area contributed by atoms with Crippen LogP contribution < -0.4 is 19.9 Å². The van der Waals surface area contributed by atoms with Crippen LogP contribution in [0.3, 0.4) is 0 Å². The number of hydrazine groups is 1. The van der Waals surface area contributed by atoms with Crippen LogP contribution in [0.2, 0.25) is 5.02 Å². The first-order valence-electron chi connectivity index (χ1n) is 9.48. The van der Waals surface area contributed by atoms with Crippen LogP contribution >= 0.6 is 11.6 Å². The van der Waals surface area contributed by atoms with Gasteiger partial charge in [0.2, 0.25) is 0 Å². The van der Waals surface area contributed by atoms with Crippen molar-refractivity contribution in [2.24, 2.45) is 0 Å². The van der Waals surface area contributed by atoms with Crippen molar-refractivity contribution in [1.29, 1.82) is 0 Å². The van der Waals surface area contributed by atoms with Crippen molar-refractivity contribution < 1.29 is 28.6 Å². The first-order valence-corrected chi connectivity index (χ1v) is 9.86. The molecule has 0 aromatic heterocycles. The third kappa shape index (κ3) is 4.80. The van der Waals surface area contributed by atoms with Crippen molar-refractivity contribution in [1.82, 2.24) is 5.43 Å². The lowest BCUT2D eigenvalue weighted by atomic mass is 10.1. The van der Waals surface area contributed by atoms with Crippen molar-refractivity contribution >= 4 is 41.1 Å². The van der Waals surface area contributed by atoms with Crippen LogP contribution in [0.15, 0.2) is 48.0 Å². The molecule has 9 heteroatoms. The largest absolute Gasteiger partial charge is 0.493 e. The molecule has 0 unspecified atom stereocenters. The Morgan fingerprint density at radius 1 is 1.23 bits per heavy atom. The molecule has 1 heterocycles. The van der Waals surface area contributed by atoms with Gasteiger partial charge in [-0.05, 0) is 38.1 Å². The average molecular weight is 445 g/mol. The number of carbonyl (C=O) groups is 3. The molecule has 162 valence electrons. The molecule has 1 aliphatic rings. The zero-order valence-corrected chi connectivity index (χ0v) is 17.9. The quantitative estimate of drug-likeness (QED) is 0.400. The summed E-state index contributed by atoms with van der Waals surface area (Å²) in [6.07, 6.45) is 0.392. The van der Waals surface area contributed by atoms with Gasteiger partial charge in [-0.15, -0.1) is 0 Å². The topological polar surface area (TPSA) is 94.2 Å². The lowest BCUT2D eigenvalue weighted by Crippen LogP contribution is -2.35. The van der Waals surface area contributed by atoms with Crippen LogP contribution in [-0.4, -0.2) is 37.6 Å². The van der Waals surface area contributed by atoms with Crippen molar-refractivity contribution in [2.45, 2.75) is 20.0 Å². The highest BCUT2D eigenvalue weighted by Crippen LogP contribution is 2.37. The van der Waals surface area contributed by atoms with E-state index in [0.717, 1.165) is 5.01 Å². The molecule has 0 aliphatic carbocycles. The second kappa shape index (κ2) is 9.53. The minimum Gasteiger partial charge on any atom is -0.493 e. The predicted octanol–water partition coefficient (Wildman–Crippen LogP) is 3.14. The summed E-state index contributed by atoms with van der Waals surface area (Å²) in [5, 5.41) is 1.45. The molecule has 1 aliphatic heterocycles. The number of benzene rings is 2. The predicted molar refractivity (Wildman–Crippen MR) is 115 cm³/mol. The highest BCUT2D eigenvalue weighted by atomic mass is 35.5. The summed E-state index contributed by atoms with van der Waals surface area (Å²) in [5.74, 6) is -1.31. The van der Waals surface area contributed by atoms with Gasteiger partial charge >= 0.3 is 5.97 Å². The summed E-state index contributed by atoms with van der Waals surface area (Å²) in [7, 11) is 1.41. The third-order valence-electron chi connectivity index (χ3n) is 4.39. The molecule has 2 amide bonds. The maximum absolute atomic E-state index is 12.9. The molecule has 3 rings (SSSR count). The minimum absolute atomic E-state index is 0.123. The normalized spacial score (nSPS) is 15.6. The fourth-order valence-electron chi connectivity index (χ4n) is 2.93. The van der Waals surface area contributed by atoms with Gasteiger partial charge in [0.25, 0.3) is 11.8 Å². The highest BCUT2D eigenvalue weighted by molar-refractivity contribution is 6.32. The van der Waals surface area contributed by atoms with Gasteiger partial charge in [0, 0.05) is 16.7 Å². The molecule has 2 aromatic rings. The highest BCUT2D eigenvalue weighted by Gasteiger charge is 2.35. The molecule has 2 aromatic carbocycles. The van der Waals surface area contributed by atoms with Gasteiger partial charge in [-0.3, -0.25) is 15.0 Å². The monoisotopic (exact) mass is 444 g/mol. The molecule has 1 N–H and O–H groups in total. The number of carbonyl (C=O) groups excluding carboxylic acids is 3. The van der Waals surface area contributed by atoms with Gasteiger partial charge in [-0.1, -0.05) is 29.8 Å². The first kappa shape index (κ1) is 22.2. The van der Waals surface area contributed by atoms with Crippen LogP contribution in [0.5, 0.6) is 11.5 Å². The molecule has 1 saturated heterocycles. The summed E-state index contributed by atoms with van der Waals surface area (Å²) in [5.41, 5.74) is 3.22. The van der Waals surface area contributed by atoms with Gasteiger partial charge in [-0.2, -0.15) is 0 Å². The van der Waals surface area contributed by atoms with Crippen LogP contribution in [0.25, 0.3) is 6.08 Å². The van der Waals surface area contributed by atoms with Gasteiger partial charge in [0.05, 0.1) is 19.4 Å².